The van der Waals surface area contributed by atoms with Crippen molar-refractivity contribution in [1.82, 2.24) is 0 Å². The highest BCUT2D eigenvalue weighted by Crippen LogP contribution is 2.32. The van der Waals surface area contributed by atoms with Crippen molar-refractivity contribution in [2.45, 2.75) is 20.1 Å². The van der Waals surface area contributed by atoms with Crippen LogP contribution in [0.3, 0.4) is 0 Å². The lowest BCUT2D eigenvalue weighted by Gasteiger charge is -2.15. The summed E-state index contributed by atoms with van der Waals surface area (Å²) in [5.74, 6) is 0.720. The average molecular weight is 609 g/mol. The van der Waals surface area contributed by atoms with Gasteiger partial charge in [0.05, 0.1) is 0 Å². The fourth-order valence-electron chi connectivity index (χ4n) is 5.21. The molecule has 1 N–H and O–H groups in total. The van der Waals surface area contributed by atoms with Gasteiger partial charge in [-0.15, -0.1) is 0 Å². The van der Waals surface area contributed by atoms with E-state index < -0.39 is 5.91 Å². The minimum Gasteiger partial charge on any atom is -0.489 e. The zero-order valence-electron chi connectivity index (χ0n) is 24.6. The van der Waals surface area contributed by atoms with E-state index in [-0.39, 0.29) is 5.57 Å². The molecule has 0 bridgehead atoms. The predicted octanol–water partition coefficient (Wildman–Crippen LogP) is 9.66. The molecule has 0 spiro atoms. The summed E-state index contributed by atoms with van der Waals surface area (Å²) in [7, 11) is 0. The van der Waals surface area contributed by atoms with E-state index in [1.54, 1.807) is 30.3 Å². The predicted molar refractivity (Wildman–Crippen MR) is 181 cm³/mol. The molecule has 0 saturated heterocycles. The lowest BCUT2D eigenvalue weighted by molar-refractivity contribution is -0.112. The highest BCUT2D eigenvalue weighted by Gasteiger charge is 2.15. The maximum atomic E-state index is 13.3. The highest BCUT2D eigenvalue weighted by atomic mass is 35.5. The molecule has 0 heterocycles. The van der Waals surface area contributed by atoms with E-state index in [2.05, 4.69) is 42.6 Å². The smallest absolute Gasteiger partial charge is 0.266 e. The van der Waals surface area contributed by atoms with Crippen LogP contribution in [0.2, 0.25) is 5.02 Å². The van der Waals surface area contributed by atoms with Gasteiger partial charge in [0.15, 0.2) is 0 Å². The second-order valence-electron chi connectivity index (χ2n) is 10.6. The Labute approximate surface area is 266 Å². The second-order valence-corrected chi connectivity index (χ2v) is 11.1. The number of nitriles is 1. The van der Waals surface area contributed by atoms with Crippen molar-refractivity contribution in [1.29, 1.82) is 5.26 Å². The number of fused-ring (bicyclic) bond motifs is 2. The molecule has 6 aromatic carbocycles. The lowest BCUT2D eigenvalue weighted by Crippen LogP contribution is -2.13. The van der Waals surface area contributed by atoms with E-state index in [4.69, 9.17) is 21.1 Å². The van der Waals surface area contributed by atoms with Gasteiger partial charge in [0.2, 0.25) is 0 Å². The minimum absolute atomic E-state index is 0.0411. The van der Waals surface area contributed by atoms with E-state index >= 15 is 0 Å². The van der Waals surface area contributed by atoms with Gasteiger partial charge in [-0.3, -0.25) is 4.79 Å². The van der Waals surface area contributed by atoms with E-state index in [1.807, 2.05) is 72.8 Å². The molecule has 220 valence electrons. The maximum absolute atomic E-state index is 13.3. The van der Waals surface area contributed by atoms with Crippen molar-refractivity contribution in [3.05, 3.63) is 154 Å². The summed E-state index contributed by atoms with van der Waals surface area (Å²) in [5.41, 5.74) is 4.38. The molecule has 0 saturated carbocycles. The Balaban J connectivity index is 1.23. The van der Waals surface area contributed by atoms with Crippen LogP contribution >= 0.6 is 11.6 Å². The number of nitrogens with zero attached hydrogens (tertiary/aromatic N) is 1. The van der Waals surface area contributed by atoms with Crippen LogP contribution in [0.15, 0.2) is 127 Å². The monoisotopic (exact) mass is 608 g/mol. The zero-order chi connectivity index (χ0) is 31.2. The van der Waals surface area contributed by atoms with Gasteiger partial charge in [0, 0.05) is 21.8 Å². The molecule has 0 aliphatic carbocycles. The molecule has 0 aliphatic heterocycles. The van der Waals surface area contributed by atoms with Gasteiger partial charge in [-0.1, -0.05) is 90.5 Å². The number of aryl methyl sites for hydroxylation is 1. The van der Waals surface area contributed by atoms with Crippen molar-refractivity contribution in [3.63, 3.8) is 0 Å². The molecule has 6 heteroatoms. The average Bonchev–Trinajstić information content (AvgIpc) is 3.07. The molecular weight excluding hydrogens is 580 g/mol. The van der Waals surface area contributed by atoms with Crippen molar-refractivity contribution < 1.29 is 14.3 Å². The molecular formula is C39H29ClN2O3. The van der Waals surface area contributed by atoms with Gasteiger partial charge < -0.3 is 14.8 Å². The first-order valence-electron chi connectivity index (χ1n) is 14.5. The number of benzene rings is 6. The molecule has 0 radical (unpaired) electrons. The lowest BCUT2D eigenvalue weighted by atomic mass is 9.99. The van der Waals surface area contributed by atoms with E-state index in [1.165, 1.54) is 0 Å². The van der Waals surface area contributed by atoms with Crippen LogP contribution < -0.4 is 14.8 Å². The van der Waals surface area contributed by atoms with Crippen molar-refractivity contribution in [3.8, 4) is 17.6 Å². The summed E-state index contributed by atoms with van der Waals surface area (Å²) in [6.07, 6.45) is 1.60. The second kappa shape index (κ2) is 13.4. The molecule has 6 aromatic rings. The fourth-order valence-corrected chi connectivity index (χ4v) is 5.34. The Hall–Kier alpha value is -5.57. The molecule has 1 amide bonds. The third kappa shape index (κ3) is 6.83. The first-order chi connectivity index (χ1) is 22.0. The third-order valence-corrected chi connectivity index (χ3v) is 7.91. The van der Waals surface area contributed by atoms with Crippen LogP contribution in [0.1, 0.15) is 22.3 Å². The number of hydrogen-bond donors (Lipinski definition) is 1. The summed E-state index contributed by atoms with van der Waals surface area (Å²) in [4.78, 5) is 13.3. The van der Waals surface area contributed by atoms with Crippen molar-refractivity contribution >= 4 is 50.8 Å². The van der Waals surface area contributed by atoms with Gasteiger partial charge >= 0.3 is 0 Å². The van der Waals surface area contributed by atoms with Gasteiger partial charge in [0.1, 0.15) is 36.4 Å². The molecule has 6 rings (SSSR count). The first kappa shape index (κ1) is 29.5. The molecule has 0 aromatic heterocycles. The standard InChI is InChI=1S/C39H29ClN2O3/c1-26-10-13-28-6-3-5-9-35(28)37(26)25-45-38-21-14-29-7-2-4-8-34(29)36(38)22-30(23-41)39(43)42-32-17-19-33(20-18-32)44-24-27-11-15-31(40)16-12-27/h2-22H,24-25H2,1H3,(H,42,43)/b30-22+. The number of rotatable bonds is 9. The molecule has 45 heavy (non-hydrogen) atoms. The Kier molecular flexibility index (Phi) is 8.77. The third-order valence-electron chi connectivity index (χ3n) is 7.66. The number of ether oxygens (including phenoxy) is 2. The Bertz CT molecular complexity index is 2080. The summed E-state index contributed by atoms with van der Waals surface area (Å²) in [6.45, 7) is 2.80. The van der Waals surface area contributed by atoms with Crippen LogP contribution in [-0.2, 0) is 18.0 Å². The number of hydrogen-bond acceptors (Lipinski definition) is 4. The van der Waals surface area contributed by atoms with E-state index in [0.717, 1.165) is 38.2 Å². The largest absolute Gasteiger partial charge is 0.489 e. The van der Waals surface area contributed by atoms with Crippen LogP contribution in [-0.4, -0.2) is 5.91 Å². The fraction of sp³-hybridized carbons (Fsp3) is 0.0769. The zero-order valence-corrected chi connectivity index (χ0v) is 25.3. The summed E-state index contributed by atoms with van der Waals surface area (Å²) in [5, 5.41) is 17.7. The van der Waals surface area contributed by atoms with Gasteiger partial charge in [-0.25, -0.2) is 0 Å². The molecule has 0 aliphatic rings. The highest BCUT2D eigenvalue weighted by molar-refractivity contribution is 6.30. The number of carbonyl (C=O) groups is 1. The first-order valence-corrected chi connectivity index (χ1v) is 14.9. The summed E-state index contributed by atoms with van der Waals surface area (Å²) in [6, 6.07) is 40.7. The molecule has 0 unspecified atom stereocenters. The van der Waals surface area contributed by atoms with Crippen LogP contribution in [0, 0.1) is 18.3 Å². The Morgan fingerprint density at radius 2 is 1.44 bits per heavy atom. The van der Waals surface area contributed by atoms with Gasteiger partial charge in [-0.2, -0.15) is 5.26 Å². The number of anilines is 1. The number of carbonyl (C=O) groups excluding carboxylic acids is 1. The van der Waals surface area contributed by atoms with E-state index in [9.17, 15) is 10.1 Å². The Morgan fingerprint density at radius 1 is 0.778 bits per heavy atom. The molecule has 0 fully saturated rings. The van der Waals surface area contributed by atoms with Crippen LogP contribution in [0.4, 0.5) is 5.69 Å². The minimum atomic E-state index is -0.517. The summed E-state index contributed by atoms with van der Waals surface area (Å²) >= 11 is 5.95. The van der Waals surface area contributed by atoms with Gasteiger partial charge in [0.25, 0.3) is 5.91 Å². The number of nitrogens with one attached hydrogen (secondary N) is 1. The van der Waals surface area contributed by atoms with Crippen molar-refractivity contribution in [2.75, 3.05) is 5.32 Å². The summed E-state index contributed by atoms with van der Waals surface area (Å²) < 4.78 is 12.3. The number of halogens is 1. The topological polar surface area (TPSA) is 71.3 Å². The van der Waals surface area contributed by atoms with Gasteiger partial charge in [-0.05, 0) is 88.1 Å². The maximum Gasteiger partial charge on any atom is 0.266 e. The molecule has 5 nitrogen and oxygen atoms in total. The quantitative estimate of drug-likeness (QED) is 0.131. The van der Waals surface area contributed by atoms with Crippen molar-refractivity contribution in [2.24, 2.45) is 0 Å². The number of amides is 1. The normalized spacial score (nSPS) is 11.3. The van der Waals surface area contributed by atoms with Crippen LogP contribution in [0.25, 0.3) is 27.6 Å². The Morgan fingerprint density at radius 3 is 2.18 bits per heavy atom. The SMILES string of the molecule is Cc1ccc2ccccc2c1COc1ccc2ccccc2c1/C=C(\C#N)C(=O)Nc1ccc(OCc2ccc(Cl)cc2)cc1. The molecule has 0 atom stereocenters. The van der Waals surface area contributed by atoms with E-state index in [0.29, 0.717) is 41.0 Å². The van der Waals surface area contributed by atoms with Crippen LogP contribution in [0.5, 0.6) is 11.5 Å².